The van der Waals surface area contributed by atoms with Crippen LogP contribution in [-0.4, -0.2) is 17.9 Å². The number of hydrogen-bond donors (Lipinski definition) is 1. The smallest absolute Gasteiger partial charge is 0.253 e. The summed E-state index contributed by atoms with van der Waals surface area (Å²) < 4.78 is 0. The highest BCUT2D eigenvalue weighted by Crippen LogP contribution is 2.11. The summed E-state index contributed by atoms with van der Waals surface area (Å²) in [4.78, 5) is 14.2. The van der Waals surface area contributed by atoms with Gasteiger partial charge in [0, 0.05) is 25.7 Å². The first-order valence-corrected chi connectivity index (χ1v) is 7.26. The fraction of sp³-hybridized carbons (Fsp3) is 0.278. The fourth-order valence-electron chi connectivity index (χ4n) is 2.28. The Hall–Kier alpha value is -2.13. The minimum absolute atomic E-state index is 0.0184. The first-order valence-electron chi connectivity index (χ1n) is 7.26. The maximum atomic E-state index is 12.4. The van der Waals surface area contributed by atoms with E-state index < -0.39 is 0 Å². The highest BCUT2D eigenvalue weighted by Gasteiger charge is 2.12. The first kappa shape index (κ1) is 15.3. The van der Waals surface area contributed by atoms with E-state index in [0.717, 1.165) is 17.5 Å². The van der Waals surface area contributed by atoms with Crippen LogP contribution in [0, 0.1) is 0 Å². The fourth-order valence-corrected chi connectivity index (χ4v) is 2.28. The van der Waals surface area contributed by atoms with Gasteiger partial charge in [-0.25, -0.2) is 0 Å². The van der Waals surface area contributed by atoms with Crippen LogP contribution < -0.4 is 5.73 Å². The van der Waals surface area contributed by atoms with E-state index in [0.29, 0.717) is 18.7 Å². The van der Waals surface area contributed by atoms with E-state index in [-0.39, 0.29) is 5.91 Å². The van der Waals surface area contributed by atoms with E-state index in [2.05, 4.69) is 31.2 Å². The van der Waals surface area contributed by atoms with Gasteiger partial charge >= 0.3 is 0 Å². The topological polar surface area (TPSA) is 46.3 Å². The number of carbonyl (C=O) groups is 1. The van der Waals surface area contributed by atoms with Gasteiger partial charge in [-0.3, -0.25) is 4.79 Å². The van der Waals surface area contributed by atoms with Crippen molar-refractivity contribution >= 4 is 5.91 Å². The normalized spacial score (nSPS) is 10.4. The van der Waals surface area contributed by atoms with Crippen LogP contribution in [0.5, 0.6) is 0 Å². The van der Waals surface area contributed by atoms with Crippen LogP contribution in [0.1, 0.15) is 34.0 Å². The van der Waals surface area contributed by atoms with Gasteiger partial charge in [0.1, 0.15) is 0 Å². The van der Waals surface area contributed by atoms with Crippen LogP contribution >= 0.6 is 0 Å². The molecule has 110 valence electrons. The molecule has 0 fully saturated rings. The molecule has 0 aliphatic heterocycles. The molecule has 0 bridgehead atoms. The Morgan fingerprint density at radius 3 is 2.33 bits per heavy atom. The zero-order chi connectivity index (χ0) is 15.2. The van der Waals surface area contributed by atoms with E-state index in [1.54, 1.807) is 4.90 Å². The number of nitrogens with zero attached hydrogens (tertiary/aromatic N) is 1. The minimum atomic E-state index is 0.0184. The van der Waals surface area contributed by atoms with Gasteiger partial charge in [0.05, 0.1) is 0 Å². The Labute approximate surface area is 126 Å². The molecule has 21 heavy (non-hydrogen) atoms. The number of benzene rings is 2. The van der Waals surface area contributed by atoms with Gasteiger partial charge in [0.15, 0.2) is 0 Å². The molecule has 2 rings (SSSR count). The maximum absolute atomic E-state index is 12.4. The second kappa shape index (κ2) is 7.04. The molecule has 0 aliphatic carbocycles. The Balaban J connectivity index is 2.07. The predicted octanol–water partition coefficient (Wildman–Crippen LogP) is 2.98. The molecule has 3 nitrogen and oxygen atoms in total. The van der Waals surface area contributed by atoms with Crippen molar-refractivity contribution in [1.29, 1.82) is 0 Å². The van der Waals surface area contributed by atoms with Gasteiger partial charge in [-0.05, 0) is 35.2 Å². The van der Waals surface area contributed by atoms with Gasteiger partial charge in [0.2, 0.25) is 0 Å². The van der Waals surface area contributed by atoms with Crippen molar-refractivity contribution in [3.8, 4) is 0 Å². The third-order valence-electron chi connectivity index (χ3n) is 3.61. The minimum Gasteiger partial charge on any atom is -0.337 e. The van der Waals surface area contributed by atoms with E-state index in [9.17, 15) is 4.79 Å². The Morgan fingerprint density at radius 1 is 1.05 bits per heavy atom. The maximum Gasteiger partial charge on any atom is 0.253 e. The van der Waals surface area contributed by atoms with Gasteiger partial charge in [-0.2, -0.15) is 0 Å². The predicted molar refractivity (Wildman–Crippen MR) is 86.0 cm³/mol. The molecule has 0 heterocycles. The molecule has 0 atom stereocenters. The van der Waals surface area contributed by atoms with Crippen LogP contribution in [0.2, 0.25) is 0 Å². The summed E-state index contributed by atoms with van der Waals surface area (Å²) in [5, 5.41) is 0. The molecular weight excluding hydrogens is 260 g/mol. The van der Waals surface area contributed by atoms with Gasteiger partial charge in [0.25, 0.3) is 5.91 Å². The van der Waals surface area contributed by atoms with Crippen molar-refractivity contribution in [3.63, 3.8) is 0 Å². The first-order chi connectivity index (χ1) is 10.1. The van der Waals surface area contributed by atoms with Gasteiger partial charge < -0.3 is 10.6 Å². The van der Waals surface area contributed by atoms with E-state index in [1.807, 2.05) is 31.3 Å². The molecule has 2 N–H and O–H groups in total. The van der Waals surface area contributed by atoms with Crippen molar-refractivity contribution in [2.45, 2.75) is 26.4 Å². The molecule has 0 saturated heterocycles. The number of nitrogens with two attached hydrogens (primary N) is 1. The van der Waals surface area contributed by atoms with E-state index in [1.165, 1.54) is 5.56 Å². The monoisotopic (exact) mass is 282 g/mol. The standard InChI is InChI=1S/C18H22N2O/c1-3-14-7-9-15(10-8-14)13-20(2)18(21)17-6-4-5-16(11-17)12-19/h4-11H,3,12-13,19H2,1-2H3. The Bertz CT molecular complexity index is 605. The quantitative estimate of drug-likeness (QED) is 0.916. The summed E-state index contributed by atoms with van der Waals surface area (Å²) in [6.45, 7) is 3.19. The van der Waals surface area contributed by atoms with Crippen molar-refractivity contribution in [1.82, 2.24) is 4.90 Å². The lowest BCUT2D eigenvalue weighted by Gasteiger charge is -2.18. The number of amides is 1. The molecule has 0 aromatic heterocycles. The zero-order valence-electron chi connectivity index (χ0n) is 12.7. The van der Waals surface area contributed by atoms with Gasteiger partial charge in [-0.1, -0.05) is 43.3 Å². The van der Waals surface area contributed by atoms with E-state index in [4.69, 9.17) is 5.73 Å². The molecule has 0 saturated carbocycles. The molecule has 0 aliphatic rings. The van der Waals surface area contributed by atoms with Crippen LogP contribution in [0.4, 0.5) is 0 Å². The van der Waals surface area contributed by atoms with Crippen LogP contribution in [-0.2, 0) is 19.5 Å². The molecular formula is C18H22N2O. The molecule has 1 amide bonds. The van der Waals surface area contributed by atoms with Crippen LogP contribution in [0.15, 0.2) is 48.5 Å². The summed E-state index contributed by atoms with van der Waals surface area (Å²) in [7, 11) is 1.82. The molecule has 0 spiro atoms. The van der Waals surface area contributed by atoms with Crippen LogP contribution in [0.25, 0.3) is 0 Å². The average Bonchev–Trinajstić information content (AvgIpc) is 2.54. The van der Waals surface area contributed by atoms with Crippen molar-refractivity contribution < 1.29 is 4.79 Å². The van der Waals surface area contributed by atoms with Crippen LogP contribution in [0.3, 0.4) is 0 Å². The summed E-state index contributed by atoms with van der Waals surface area (Å²) >= 11 is 0. The molecule has 0 radical (unpaired) electrons. The number of hydrogen-bond acceptors (Lipinski definition) is 2. The molecule has 0 unspecified atom stereocenters. The highest BCUT2D eigenvalue weighted by atomic mass is 16.2. The summed E-state index contributed by atoms with van der Waals surface area (Å²) in [6.07, 6.45) is 1.03. The van der Waals surface area contributed by atoms with Gasteiger partial charge in [-0.15, -0.1) is 0 Å². The van der Waals surface area contributed by atoms with Crippen molar-refractivity contribution in [2.75, 3.05) is 7.05 Å². The number of rotatable bonds is 5. The third-order valence-corrected chi connectivity index (χ3v) is 3.61. The molecule has 2 aromatic carbocycles. The van der Waals surface area contributed by atoms with Crippen molar-refractivity contribution in [3.05, 3.63) is 70.8 Å². The second-order valence-electron chi connectivity index (χ2n) is 5.24. The van der Waals surface area contributed by atoms with E-state index >= 15 is 0 Å². The SMILES string of the molecule is CCc1ccc(CN(C)C(=O)c2cccc(CN)c2)cc1. The summed E-state index contributed by atoms with van der Waals surface area (Å²) in [5.74, 6) is 0.0184. The average molecular weight is 282 g/mol. The largest absolute Gasteiger partial charge is 0.337 e. The molecule has 3 heteroatoms. The lowest BCUT2D eigenvalue weighted by atomic mass is 10.1. The molecule has 2 aromatic rings. The summed E-state index contributed by atoms with van der Waals surface area (Å²) in [5.41, 5.74) is 9.73. The third kappa shape index (κ3) is 3.92. The second-order valence-corrected chi connectivity index (χ2v) is 5.24. The Kier molecular flexibility index (Phi) is 5.12. The number of aryl methyl sites for hydroxylation is 1. The lowest BCUT2D eigenvalue weighted by Crippen LogP contribution is -2.26. The van der Waals surface area contributed by atoms with Crippen molar-refractivity contribution in [2.24, 2.45) is 5.73 Å². The summed E-state index contributed by atoms with van der Waals surface area (Å²) in [6, 6.07) is 15.9. The highest BCUT2D eigenvalue weighted by molar-refractivity contribution is 5.94. The lowest BCUT2D eigenvalue weighted by molar-refractivity contribution is 0.0785. The zero-order valence-corrected chi connectivity index (χ0v) is 12.7. The number of carbonyl (C=O) groups excluding carboxylic acids is 1. The Morgan fingerprint density at radius 2 is 1.71 bits per heavy atom.